The highest BCUT2D eigenvalue weighted by Crippen LogP contribution is 2.29. The molecular formula is C27H27F3N6O2. The Morgan fingerprint density at radius 1 is 1.21 bits per heavy atom. The molecule has 1 saturated heterocycles. The third-order valence-electron chi connectivity index (χ3n) is 6.98. The fraction of sp³-hybridized carbons (Fsp3) is 0.333. The van der Waals surface area contributed by atoms with Gasteiger partial charge in [0.2, 0.25) is 0 Å². The molecule has 1 aliphatic heterocycles. The Labute approximate surface area is 216 Å². The van der Waals surface area contributed by atoms with Gasteiger partial charge in [-0.2, -0.15) is 5.10 Å². The van der Waals surface area contributed by atoms with Gasteiger partial charge in [0.1, 0.15) is 11.5 Å². The number of hydrogen-bond donors (Lipinski definition) is 2. The lowest BCUT2D eigenvalue weighted by Gasteiger charge is -2.28. The summed E-state index contributed by atoms with van der Waals surface area (Å²) < 4.78 is 42.2. The molecule has 2 N–H and O–H groups in total. The molecule has 5 rings (SSSR count). The largest absolute Gasteiger partial charge is 0.352 e. The van der Waals surface area contributed by atoms with Crippen LogP contribution in [0.5, 0.6) is 0 Å². The fourth-order valence-corrected chi connectivity index (χ4v) is 4.80. The second-order valence-corrected chi connectivity index (χ2v) is 9.70. The highest BCUT2D eigenvalue weighted by atomic mass is 19.3. The second-order valence-electron chi connectivity index (χ2n) is 9.70. The van der Waals surface area contributed by atoms with Gasteiger partial charge < -0.3 is 14.8 Å². The summed E-state index contributed by atoms with van der Waals surface area (Å²) in [5.74, 6) is -0.527. The van der Waals surface area contributed by atoms with E-state index in [1.54, 1.807) is 24.4 Å². The van der Waals surface area contributed by atoms with Gasteiger partial charge in [-0.1, -0.05) is 0 Å². The van der Waals surface area contributed by atoms with Crippen LogP contribution in [0.4, 0.5) is 13.2 Å². The van der Waals surface area contributed by atoms with Gasteiger partial charge in [0.05, 0.1) is 17.6 Å². The molecule has 4 aromatic rings. The van der Waals surface area contributed by atoms with Crippen molar-refractivity contribution in [1.29, 1.82) is 0 Å². The number of hydrogen-bond acceptors (Lipinski definition) is 5. The summed E-state index contributed by atoms with van der Waals surface area (Å²) in [7, 11) is 2.07. The van der Waals surface area contributed by atoms with Crippen molar-refractivity contribution >= 4 is 16.7 Å². The number of benzene rings is 1. The van der Waals surface area contributed by atoms with Crippen LogP contribution in [0.2, 0.25) is 0 Å². The Bertz CT molecular complexity index is 1530. The van der Waals surface area contributed by atoms with E-state index in [-0.39, 0.29) is 40.2 Å². The number of amides is 1. The number of halogens is 3. The molecule has 0 atom stereocenters. The lowest BCUT2D eigenvalue weighted by molar-refractivity contribution is 0.0938. The Hall–Kier alpha value is -3.99. The molecule has 8 nitrogen and oxygen atoms in total. The van der Waals surface area contributed by atoms with E-state index in [1.807, 2.05) is 0 Å². The highest BCUT2D eigenvalue weighted by molar-refractivity contribution is 5.94. The molecule has 4 heterocycles. The van der Waals surface area contributed by atoms with Crippen LogP contribution in [0.1, 0.15) is 40.9 Å². The molecule has 3 aromatic heterocycles. The molecule has 0 unspecified atom stereocenters. The number of piperidine rings is 1. The van der Waals surface area contributed by atoms with Gasteiger partial charge in [0.15, 0.2) is 0 Å². The SMILES string of the molecule is CN1CCC(CNC(=O)c2cc(F)cc(Cn3ccc4cc(-c5c[nH]nc5C(F)F)ncc4c3=O)c2)CC1. The minimum Gasteiger partial charge on any atom is -0.352 e. The standard InChI is InChI=1S/C27H27F3N6O2/c1-35-5-2-16(3-6-35)12-32-26(37)19-8-17(9-20(28)10-19)15-36-7-4-18-11-23(31-13-21(18)27(36)38)22-14-33-34-24(22)25(29)30/h4,7-11,13-14,16,25H,2-3,5-6,12,15H2,1H3,(H,32,37)(H,33,34). The maximum Gasteiger partial charge on any atom is 0.282 e. The van der Waals surface area contributed by atoms with E-state index in [9.17, 15) is 22.8 Å². The Morgan fingerprint density at radius 2 is 2.00 bits per heavy atom. The van der Waals surface area contributed by atoms with Crippen LogP contribution in [0, 0.1) is 11.7 Å². The van der Waals surface area contributed by atoms with Crippen LogP contribution in [-0.4, -0.2) is 57.2 Å². The summed E-state index contributed by atoms with van der Waals surface area (Å²) in [5, 5.41) is 9.71. The van der Waals surface area contributed by atoms with E-state index in [2.05, 4.69) is 32.4 Å². The maximum absolute atomic E-state index is 14.4. The minimum atomic E-state index is -2.77. The van der Waals surface area contributed by atoms with Crippen LogP contribution < -0.4 is 10.9 Å². The molecule has 0 spiro atoms. The molecule has 1 fully saturated rings. The maximum atomic E-state index is 14.4. The van der Waals surface area contributed by atoms with Crippen LogP contribution in [0.15, 0.2) is 53.7 Å². The van der Waals surface area contributed by atoms with Crippen LogP contribution in [0.25, 0.3) is 22.0 Å². The summed E-state index contributed by atoms with van der Waals surface area (Å²) in [6.45, 7) is 2.56. The van der Waals surface area contributed by atoms with Gasteiger partial charge in [-0.15, -0.1) is 0 Å². The zero-order chi connectivity index (χ0) is 26.8. The third kappa shape index (κ3) is 5.47. The van der Waals surface area contributed by atoms with Crippen molar-refractivity contribution in [2.24, 2.45) is 5.92 Å². The van der Waals surface area contributed by atoms with E-state index in [0.717, 1.165) is 25.9 Å². The normalized spacial score (nSPS) is 14.9. The van der Waals surface area contributed by atoms with Crippen molar-refractivity contribution in [3.63, 3.8) is 0 Å². The molecule has 38 heavy (non-hydrogen) atoms. The first kappa shape index (κ1) is 25.7. The van der Waals surface area contributed by atoms with Gasteiger partial charge in [-0.25, -0.2) is 13.2 Å². The van der Waals surface area contributed by atoms with Crippen molar-refractivity contribution in [3.05, 3.63) is 81.9 Å². The minimum absolute atomic E-state index is 0.0424. The number of nitrogens with one attached hydrogen (secondary N) is 2. The monoisotopic (exact) mass is 524 g/mol. The van der Waals surface area contributed by atoms with E-state index in [0.29, 0.717) is 23.4 Å². The molecule has 0 radical (unpaired) electrons. The number of alkyl halides is 2. The Kier molecular flexibility index (Phi) is 7.28. The number of nitrogens with zero attached hydrogens (tertiary/aromatic N) is 4. The summed E-state index contributed by atoms with van der Waals surface area (Å²) in [4.78, 5) is 32.3. The van der Waals surface area contributed by atoms with Crippen LogP contribution >= 0.6 is 0 Å². The van der Waals surface area contributed by atoms with Gasteiger partial charge in [-0.05, 0) is 80.2 Å². The average Bonchev–Trinajstić information content (AvgIpc) is 3.40. The Balaban J connectivity index is 1.34. The van der Waals surface area contributed by atoms with Gasteiger partial charge in [0, 0.05) is 36.3 Å². The van der Waals surface area contributed by atoms with Crippen LogP contribution in [-0.2, 0) is 6.54 Å². The molecule has 11 heteroatoms. The molecule has 1 amide bonds. The molecular weight excluding hydrogens is 497 g/mol. The van der Waals surface area contributed by atoms with E-state index in [1.165, 1.54) is 29.1 Å². The lowest BCUT2D eigenvalue weighted by Crippen LogP contribution is -2.36. The molecule has 1 aromatic carbocycles. The second kappa shape index (κ2) is 10.8. The van der Waals surface area contributed by atoms with Crippen LogP contribution in [0.3, 0.4) is 0 Å². The quantitative estimate of drug-likeness (QED) is 0.381. The number of likely N-dealkylation sites (tertiary alicyclic amines) is 1. The van der Waals surface area contributed by atoms with E-state index in [4.69, 9.17) is 0 Å². The average molecular weight is 525 g/mol. The molecule has 0 bridgehead atoms. The van der Waals surface area contributed by atoms with Gasteiger partial charge >= 0.3 is 0 Å². The summed E-state index contributed by atoms with van der Waals surface area (Å²) in [6, 6.07) is 7.27. The highest BCUT2D eigenvalue weighted by Gasteiger charge is 2.20. The predicted molar refractivity (Wildman–Crippen MR) is 137 cm³/mol. The Morgan fingerprint density at radius 3 is 2.76 bits per heavy atom. The first-order chi connectivity index (χ1) is 18.3. The zero-order valence-electron chi connectivity index (χ0n) is 20.8. The molecule has 0 aliphatic carbocycles. The number of pyridine rings is 2. The van der Waals surface area contributed by atoms with Crippen molar-refractivity contribution in [2.45, 2.75) is 25.8 Å². The van der Waals surface area contributed by atoms with Crippen molar-refractivity contribution < 1.29 is 18.0 Å². The fourth-order valence-electron chi connectivity index (χ4n) is 4.80. The molecule has 1 aliphatic rings. The number of fused-ring (bicyclic) bond motifs is 1. The topological polar surface area (TPSA) is 95.9 Å². The number of carbonyl (C=O) groups is 1. The van der Waals surface area contributed by atoms with E-state index < -0.39 is 17.9 Å². The van der Waals surface area contributed by atoms with Gasteiger partial charge in [-0.3, -0.25) is 19.7 Å². The third-order valence-corrected chi connectivity index (χ3v) is 6.98. The summed E-state index contributed by atoms with van der Waals surface area (Å²) in [6.07, 6.45) is 3.45. The zero-order valence-corrected chi connectivity index (χ0v) is 20.8. The molecule has 198 valence electrons. The van der Waals surface area contributed by atoms with Crippen molar-refractivity contribution in [2.75, 3.05) is 26.7 Å². The number of rotatable bonds is 7. The first-order valence-corrected chi connectivity index (χ1v) is 12.4. The summed E-state index contributed by atoms with van der Waals surface area (Å²) >= 11 is 0. The summed E-state index contributed by atoms with van der Waals surface area (Å²) in [5.41, 5.74) is 0.290. The lowest BCUT2D eigenvalue weighted by atomic mass is 9.97. The van der Waals surface area contributed by atoms with Gasteiger partial charge in [0.25, 0.3) is 17.9 Å². The number of aromatic amines is 1. The van der Waals surface area contributed by atoms with Crippen molar-refractivity contribution in [3.8, 4) is 11.3 Å². The first-order valence-electron chi connectivity index (χ1n) is 12.4. The number of H-pyrrole nitrogens is 1. The van der Waals surface area contributed by atoms with Crippen molar-refractivity contribution in [1.82, 2.24) is 30.0 Å². The number of carbonyl (C=O) groups excluding carboxylic acids is 1. The predicted octanol–water partition coefficient (Wildman–Crippen LogP) is 3.98. The van der Waals surface area contributed by atoms with E-state index >= 15 is 0 Å². The number of aromatic nitrogens is 4. The molecule has 0 saturated carbocycles. The smallest absolute Gasteiger partial charge is 0.282 e.